The van der Waals surface area contributed by atoms with E-state index in [-0.39, 0.29) is 29.7 Å². The van der Waals surface area contributed by atoms with Crippen molar-refractivity contribution in [3.8, 4) is 17.0 Å². The van der Waals surface area contributed by atoms with Gasteiger partial charge in [-0.3, -0.25) is 9.78 Å². The van der Waals surface area contributed by atoms with Crippen LogP contribution in [0.2, 0.25) is 0 Å². The summed E-state index contributed by atoms with van der Waals surface area (Å²) in [5.41, 5.74) is 5.98. The molecular weight excluding hydrogens is 449 g/mol. The Balaban J connectivity index is 1.59. The number of halogens is 1. The molecule has 4 heterocycles. The van der Waals surface area contributed by atoms with Gasteiger partial charge in [-0.2, -0.15) is 0 Å². The topological polar surface area (TPSA) is 101 Å². The average molecular weight is 474 g/mol. The fourth-order valence-electron chi connectivity index (χ4n) is 4.81. The SMILES string of the molecule is COc1c(F)cccc1Nc1c(-c2ccnc3ccc([C@@H](C)OC)nc23)[nH]c2c1C(=O)N[C@@H]1C[C@H]21. The number of fused-ring (bicyclic) bond motifs is 4. The van der Waals surface area contributed by atoms with Gasteiger partial charge in [0.1, 0.15) is 0 Å². The number of aromatic amines is 1. The lowest BCUT2D eigenvalue weighted by molar-refractivity contribution is 0.0944. The second-order valence-corrected chi connectivity index (χ2v) is 8.87. The Morgan fingerprint density at radius 3 is 2.86 bits per heavy atom. The first-order chi connectivity index (χ1) is 17.0. The monoisotopic (exact) mass is 473 g/mol. The Morgan fingerprint density at radius 1 is 1.20 bits per heavy atom. The smallest absolute Gasteiger partial charge is 0.255 e. The van der Waals surface area contributed by atoms with Crippen molar-refractivity contribution in [2.45, 2.75) is 31.4 Å². The van der Waals surface area contributed by atoms with Crippen LogP contribution in [0.4, 0.5) is 15.8 Å². The number of hydrogen-bond acceptors (Lipinski definition) is 6. The van der Waals surface area contributed by atoms with Gasteiger partial charge in [0.2, 0.25) is 0 Å². The second-order valence-electron chi connectivity index (χ2n) is 8.87. The molecule has 1 aliphatic carbocycles. The Bertz CT molecular complexity index is 1480. The van der Waals surface area contributed by atoms with Gasteiger partial charge in [-0.05, 0) is 43.7 Å². The number of hydrogen-bond donors (Lipinski definition) is 3. The van der Waals surface area contributed by atoms with Crippen LogP contribution in [0.3, 0.4) is 0 Å². The summed E-state index contributed by atoms with van der Waals surface area (Å²) in [5, 5.41) is 6.35. The van der Waals surface area contributed by atoms with Gasteiger partial charge in [0.15, 0.2) is 11.6 Å². The fraction of sp³-hybridized carbons (Fsp3) is 0.269. The molecule has 1 aromatic carbocycles. The molecule has 1 fully saturated rings. The lowest BCUT2D eigenvalue weighted by Gasteiger charge is -2.17. The van der Waals surface area contributed by atoms with Crippen molar-refractivity contribution < 1.29 is 18.7 Å². The largest absolute Gasteiger partial charge is 0.492 e. The Kier molecular flexibility index (Phi) is 4.96. The summed E-state index contributed by atoms with van der Waals surface area (Å²) < 4.78 is 25.2. The van der Waals surface area contributed by atoms with E-state index in [0.717, 1.165) is 23.4 Å². The minimum atomic E-state index is -0.496. The number of carbonyl (C=O) groups excluding carboxylic acids is 1. The van der Waals surface area contributed by atoms with Crippen LogP contribution < -0.4 is 15.4 Å². The molecule has 2 aliphatic rings. The molecule has 6 rings (SSSR count). The molecule has 0 unspecified atom stereocenters. The Morgan fingerprint density at radius 2 is 2.06 bits per heavy atom. The van der Waals surface area contributed by atoms with Crippen molar-refractivity contribution in [2.24, 2.45) is 0 Å². The van der Waals surface area contributed by atoms with Crippen molar-refractivity contribution in [3.05, 3.63) is 65.4 Å². The minimum Gasteiger partial charge on any atom is -0.492 e. The molecule has 178 valence electrons. The molecule has 0 saturated heterocycles. The molecule has 35 heavy (non-hydrogen) atoms. The third-order valence-corrected chi connectivity index (χ3v) is 6.81. The molecule has 0 spiro atoms. The number of aromatic nitrogens is 3. The van der Waals surface area contributed by atoms with Crippen LogP contribution in [0.25, 0.3) is 22.3 Å². The highest BCUT2D eigenvalue weighted by atomic mass is 19.1. The predicted octanol–water partition coefficient (Wildman–Crippen LogP) is 4.82. The molecule has 1 amide bonds. The summed E-state index contributed by atoms with van der Waals surface area (Å²) in [5.74, 6) is -0.372. The van der Waals surface area contributed by atoms with Gasteiger partial charge < -0.3 is 25.1 Å². The van der Waals surface area contributed by atoms with Gasteiger partial charge in [-0.15, -0.1) is 0 Å². The lowest BCUT2D eigenvalue weighted by Crippen LogP contribution is -2.31. The van der Waals surface area contributed by atoms with E-state index in [0.29, 0.717) is 33.7 Å². The third-order valence-electron chi connectivity index (χ3n) is 6.81. The van der Waals surface area contributed by atoms with E-state index in [9.17, 15) is 9.18 Å². The maximum Gasteiger partial charge on any atom is 0.255 e. The van der Waals surface area contributed by atoms with Gasteiger partial charge in [-0.25, -0.2) is 9.37 Å². The first-order valence-corrected chi connectivity index (χ1v) is 11.4. The summed E-state index contributed by atoms with van der Waals surface area (Å²) in [7, 11) is 3.05. The highest BCUT2D eigenvalue weighted by Gasteiger charge is 2.48. The van der Waals surface area contributed by atoms with E-state index in [2.05, 4.69) is 20.6 Å². The van der Waals surface area contributed by atoms with E-state index in [4.69, 9.17) is 14.5 Å². The van der Waals surface area contributed by atoms with Crippen molar-refractivity contribution in [3.63, 3.8) is 0 Å². The number of carbonyl (C=O) groups is 1. The quantitative estimate of drug-likeness (QED) is 0.371. The number of H-pyrrole nitrogens is 1. The zero-order valence-corrected chi connectivity index (χ0v) is 19.5. The minimum absolute atomic E-state index is 0.0721. The summed E-state index contributed by atoms with van der Waals surface area (Å²) in [6.07, 6.45) is 2.40. The summed E-state index contributed by atoms with van der Waals surface area (Å²) in [6.45, 7) is 1.93. The summed E-state index contributed by atoms with van der Waals surface area (Å²) in [6, 6.07) is 10.4. The first kappa shape index (κ1) is 21.5. The highest BCUT2D eigenvalue weighted by molar-refractivity contribution is 6.09. The van der Waals surface area contributed by atoms with Gasteiger partial charge in [-0.1, -0.05) is 6.07 Å². The van der Waals surface area contributed by atoms with Crippen LogP contribution in [0.5, 0.6) is 5.75 Å². The summed E-state index contributed by atoms with van der Waals surface area (Å²) in [4.78, 5) is 26.0. The van der Waals surface area contributed by atoms with Crippen molar-refractivity contribution in [2.75, 3.05) is 19.5 Å². The number of pyridine rings is 2. The van der Waals surface area contributed by atoms with Crippen LogP contribution >= 0.6 is 0 Å². The lowest BCUT2D eigenvalue weighted by atomic mass is 10.0. The number of para-hydroxylation sites is 1. The molecule has 4 aromatic rings. The standard InChI is InChI=1S/C26H24FN5O3/c1-12(34-2)16-7-8-17-21(29-16)13(9-10-28-17)23-24(30-18-6-4-5-15(27)25(18)35-3)20-22(32-23)14-11-19(14)31-26(20)33/h4-10,12,14,19,30,32H,11H2,1-3H3,(H,31,33)/t12-,14+,19-/m1/s1. The van der Waals surface area contributed by atoms with Crippen molar-refractivity contribution in [1.29, 1.82) is 0 Å². The van der Waals surface area contributed by atoms with Crippen LogP contribution in [-0.2, 0) is 4.74 Å². The Hall–Kier alpha value is -3.98. The number of benzene rings is 1. The maximum absolute atomic E-state index is 14.5. The van der Waals surface area contributed by atoms with Gasteiger partial charge in [0, 0.05) is 36.5 Å². The number of nitrogens with zero attached hydrogens (tertiary/aromatic N) is 2. The van der Waals surface area contributed by atoms with E-state index in [1.807, 2.05) is 25.1 Å². The van der Waals surface area contributed by atoms with E-state index in [1.54, 1.807) is 25.4 Å². The molecule has 1 aliphatic heterocycles. The number of methoxy groups -OCH3 is 2. The van der Waals surface area contributed by atoms with Crippen molar-refractivity contribution in [1.82, 2.24) is 20.3 Å². The second kappa shape index (κ2) is 8.06. The summed E-state index contributed by atoms with van der Waals surface area (Å²) >= 11 is 0. The average Bonchev–Trinajstić information content (AvgIpc) is 3.55. The molecule has 3 N–H and O–H groups in total. The molecular formula is C26H24FN5O3. The highest BCUT2D eigenvalue weighted by Crippen LogP contribution is 2.50. The Labute approximate surface area is 200 Å². The maximum atomic E-state index is 14.5. The molecule has 0 radical (unpaired) electrons. The van der Waals surface area contributed by atoms with E-state index >= 15 is 0 Å². The third kappa shape index (κ3) is 3.42. The van der Waals surface area contributed by atoms with Crippen LogP contribution in [0, 0.1) is 5.82 Å². The predicted molar refractivity (Wildman–Crippen MR) is 130 cm³/mol. The van der Waals surface area contributed by atoms with Crippen LogP contribution in [0.15, 0.2) is 42.6 Å². The number of ether oxygens (including phenoxy) is 2. The number of amides is 1. The first-order valence-electron chi connectivity index (χ1n) is 11.4. The molecule has 3 aromatic heterocycles. The molecule has 0 bridgehead atoms. The van der Waals surface area contributed by atoms with Crippen LogP contribution in [-0.4, -0.2) is 41.1 Å². The molecule has 9 heteroatoms. The molecule has 1 saturated carbocycles. The van der Waals surface area contributed by atoms with Crippen LogP contribution in [0.1, 0.15) is 47.1 Å². The zero-order valence-electron chi connectivity index (χ0n) is 19.5. The number of nitrogens with one attached hydrogen (secondary N) is 3. The number of anilines is 2. The van der Waals surface area contributed by atoms with Gasteiger partial charge in [0.25, 0.3) is 5.91 Å². The number of rotatable bonds is 6. The van der Waals surface area contributed by atoms with E-state index < -0.39 is 5.82 Å². The molecule has 8 nitrogen and oxygen atoms in total. The normalized spacial score (nSPS) is 19.0. The molecule has 3 atom stereocenters. The van der Waals surface area contributed by atoms with Crippen molar-refractivity contribution >= 4 is 28.3 Å². The van der Waals surface area contributed by atoms with E-state index in [1.165, 1.54) is 13.2 Å². The zero-order chi connectivity index (χ0) is 24.3. The van der Waals surface area contributed by atoms with Gasteiger partial charge >= 0.3 is 0 Å². The fourth-order valence-corrected chi connectivity index (χ4v) is 4.81. The van der Waals surface area contributed by atoms with Gasteiger partial charge in [0.05, 0.1) is 52.6 Å².